The molecule has 4 aromatic carbocycles. The van der Waals surface area contributed by atoms with Crippen molar-refractivity contribution in [2.24, 2.45) is 0 Å². The SMILES string of the molecule is Cc1cnc(-c2[c-]ccc3c2oc2cc4c(C)csc4cc23)cc1-c1c(C)cccc1C.[Ir].[c-]1ccccc1-c1ccccn1. The third-order valence-corrected chi connectivity index (χ3v) is 9.14. The quantitative estimate of drug-likeness (QED) is 0.168. The van der Waals surface area contributed by atoms with Crippen LogP contribution in [0.5, 0.6) is 0 Å². The molecule has 4 aromatic heterocycles. The monoisotopic (exact) mass is 779 g/mol. The van der Waals surface area contributed by atoms with Crippen LogP contribution >= 0.6 is 11.3 Å². The Hall–Kier alpha value is -4.41. The zero-order valence-electron chi connectivity index (χ0n) is 25.4. The number of aryl methyl sites for hydroxylation is 4. The predicted octanol–water partition coefficient (Wildman–Crippen LogP) is 11.1. The van der Waals surface area contributed by atoms with E-state index in [4.69, 9.17) is 9.40 Å². The molecule has 0 saturated heterocycles. The van der Waals surface area contributed by atoms with Gasteiger partial charge in [0.15, 0.2) is 0 Å². The predicted molar refractivity (Wildman–Crippen MR) is 184 cm³/mol. The van der Waals surface area contributed by atoms with Crippen molar-refractivity contribution in [3.8, 4) is 33.6 Å². The molecule has 8 rings (SSSR count). The Morgan fingerprint density at radius 2 is 1.49 bits per heavy atom. The third kappa shape index (κ3) is 5.87. The molecular weight excluding hydrogens is 749 g/mol. The van der Waals surface area contributed by atoms with Gasteiger partial charge in [0.2, 0.25) is 0 Å². The van der Waals surface area contributed by atoms with Crippen LogP contribution in [0.25, 0.3) is 65.7 Å². The van der Waals surface area contributed by atoms with Crippen molar-refractivity contribution in [1.82, 2.24) is 9.97 Å². The minimum Gasteiger partial charge on any atom is -0.501 e. The summed E-state index contributed by atoms with van der Waals surface area (Å²) >= 11 is 1.78. The number of fused-ring (bicyclic) bond motifs is 4. The summed E-state index contributed by atoms with van der Waals surface area (Å²) in [5.41, 5.74) is 13.1. The van der Waals surface area contributed by atoms with Crippen molar-refractivity contribution in [1.29, 1.82) is 0 Å². The molecule has 223 valence electrons. The number of rotatable bonds is 3. The first-order valence-electron chi connectivity index (χ1n) is 14.6. The molecule has 3 nitrogen and oxygen atoms in total. The summed E-state index contributed by atoms with van der Waals surface area (Å²) in [5.74, 6) is 0. The number of benzene rings is 4. The molecule has 0 spiro atoms. The molecule has 45 heavy (non-hydrogen) atoms. The van der Waals surface area contributed by atoms with E-state index in [2.05, 4.69) is 92.7 Å². The van der Waals surface area contributed by atoms with Gasteiger partial charge in [0, 0.05) is 42.6 Å². The van der Waals surface area contributed by atoms with Crippen LogP contribution in [-0.2, 0) is 20.1 Å². The second kappa shape index (κ2) is 12.9. The summed E-state index contributed by atoms with van der Waals surface area (Å²) in [4.78, 5) is 9.00. The van der Waals surface area contributed by atoms with Crippen molar-refractivity contribution in [2.75, 3.05) is 0 Å². The number of furan rings is 1. The average molecular weight is 779 g/mol. The standard InChI is InChI=1S/C29H22NOS.C11H8N.Ir/c1-16-7-5-8-17(2)28(16)23-11-25(30-14-18(23)3)21-10-6-9-20-24-13-27-22(19(4)15-32-27)12-26(24)31-29(20)21;1-2-6-10(7-3-1)11-8-4-5-9-12-11;/h5-9,11-15H,1-4H3;1-6,8-9H;/q2*-1;. The average Bonchev–Trinajstić information content (AvgIpc) is 3.61. The Morgan fingerprint density at radius 1 is 0.667 bits per heavy atom. The van der Waals surface area contributed by atoms with Gasteiger partial charge in [-0.2, -0.15) is 0 Å². The summed E-state index contributed by atoms with van der Waals surface area (Å²) in [5, 5.41) is 5.72. The normalized spacial score (nSPS) is 10.9. The first-order valence-corrected chi connectivity index (χ1v) is 15.5. The van der Waals surface area contributed by atoms with E-state index >= 15 is 0 Å². The Bertz CT molecular complexity index is 2210. The molecule has 5 heteroatoms. The fourth-order valence-corrected chi connectivity index (χ4v) is 6.79. The van der Waals surface area contributed by atoms with Gasteiger partial charge in [0.25, 0.3) is 0 Å². The molecular formula is C40H30IrN2OS-2. The van der Waals surface area contributed by atoms with E-state index in [1.165, 1.54) is 43.5 Å². The Morgan fingerprint density at radius 3 is 2.24 bits per heavy atom. The van der Waals surface area contributed by atoms with Crippen LogP contribution in [-0.4, -0.2) is 9.97 Å². The smallest absolute Gasteiger partial charge is 0.121 e. The third-order valence-electron chi connectivity index (χ3n) is 8.08. The zero-order chi connectivity index (χ0) is 30.2. The van der Waals surface area contributed by atoms with E-state index in [0.29, 0.717) is 0 Å². The second-order valence-corrected chi connectivity index (χ2v) is 12.0. The van der Waals surface area contributed by atoms with Crippen molar-refractivity contribution in [3.05, 3.63) is 143 Å². The van der Waals surface area contributed by atoms with Crippen molar-refractivity contribution >= 4 is 43.4 Å². The van der Waals surface area contributed by atoms with Gasteiger partial charge in [0.1, 0.15) is 5.58 Å². The van der Waals surface area contributed by atoms with E-state index < -0.39 is 0 Å². The summed E-state index contributed by atoms with van der Waals surface area (Å²) < 4.78 is 7.72. The van der Waals surface area contributed by atoms with Crippen LogP contribution in [0.3, 0.4) is 0 Å². The molecule has 0 aliphatic rings. The van der Waals surface area contributed by atoms with Crippen LogP contribution in [0, 0.1) is 39.8 Å². The molecule has 0 aliphatic heterocycles. The topological polar surface area (TPSA) is 38.9 Å². The minimum atomic E-state index is 0. The Labute approximate surface area is 281 Å². The van der Waals surface area contributed by atoms with Gasteiger partial charge in [-0.15, -0.1) is 65.4 Å². The van der Waals surface area contributed by atoms with E-state index in [0.717, 1.165) is 44.5 Å². The van der Waals surface area contributed by atoms with Gasteiger partial charge in [-0.3, -0.25) is 0 Å². The maximum atomic E-state index is 6.43. The van der Waals surface area contributed by atoms with E-state index in [-0.39, 0.29) is 20.1 Å². The van der Waals surface area contributed by atoms with Crippen LogP contribution in [0.4, 0.5) is 0 Å². The fourth-order valence-electron chi connectivity index (χ4n) is 5.82. The molecule has 4 heterocycles. The maximum absolute atomic E-state index is 6.43. The van der Waals surface area contributed by atoms with Gasteiger partial charge in [-0.05, 0) is 101 Å². The molecule has 0 unspecified atom stereocenters. The molecule has 0 bridgehead atoms. The van der Waals surface area contributed by atoms with Gasteiger partial charge in [0.05, 0.1) is 5.58 Å². The largest absolute Gasteiger partial charge is 0.501 e. The summed E-state index contributed by atoms with van der Waals surface area (Å²) in [6.07, 6.45) is 3.75. The molecule has 0 atom stereocenters. The molecule has 0 saturated carbocycles. The van der Waals surface area contributed by atoms with Crippen molar-refractivity contribution in [2.45, 2.75) is 27.7 Å². The fraction of sp³-hybridized carbons (Fsp3) is 0.100. The number of hydrogen-bond acceptors (Lipinski definition) is 4. The summed E-state index contributed by atoms with van der Waals surface area (Å²) in [6.45, 7) is 8.61. The first-order chi connectivity index (χ1) is 21.5. The van der Waals surface area contributed by atoms with Gasteiger partial charge < -0.3 is 14.4 Å². The van der Waals surface area contributed by atoms with Crippen molar-refractivity contribution < 1.29 is 24.5 Å². The van der Waals surface area contributed by atoms with Gasteiger partial charge in [-0.25, -0.2) is 0 Å². The summed E-state index contributed by atoms with van der Waals surface area (Å²) in [6, 6.07) is 37.4. The van der Waals surface area contributed by atoms with Crippen LogP contribution < -0.4 is 0 Å². The zero-order valence-corrected chi connectivity index (χ0v) is 28.6. The minimum absolute atomic E-state index is 0. The Kier molecular flexibility index (Phi) is 8.78. The molecule has 0 amide bonds. The number of hydrogen-bond donors (Lipinski definition) is 0. The van der Waals surface area contributed by atoms with Crippen molar-refractivity contribution in [3.63, 3.8) is 0 Å². The molecule has 0 N–H and O–H groups in total. The molecule has 1 radical (unpaired) electrons. The number of thiophene rings is 1. The Balaban J connectivity index is 0.000000231. The second-order valence-electron chi connectivity index (χ2n) is 11.1. The molecule has 0 fully saturated rings. The molecule has 8 aromatic rings. The van der Waals surface area contributed by atoms with Crippen LogP contribution in [0.15, 0.2) is 113 Å². The van der Waals surface area contributed by atoms with Gasteiger partial charge >= 0.3 is 0 Å². The molecule has 0 aliphatic carbocycles. The van der Waals surface area contributed by atoms with Gasteiger partial charge in [-0.1, -0.05) is 47.3 Å². The van der Waals surface area contributed by atoms with E-state index in [1.54, 1.807) is 17.5 Å². The van der Waals surface area contributed by atoms with Crippen LogP contribution in [0.2, 0.25) is 0 Å². The number of aromatic nitrogens is 2. The maximum Gasteiger partial charge on any atom is 0.121 e. The van der Waals surface area contributed by atoms with E-state index in [1.807, 2.05) is 54.7 Å². The summed E-state index contributed by atoms with van der Waals surface area (Å²) in [7, 11) is 0. The van der Waals surface area contributed by atoms with Crippen LogP contribution in [0.1, 0.15) is 22.3 Å². The number of nitrogens with zero attached hydrogens (tertiary/aromatic N) is 2. The van der Waals surface area contributed by atoms with E-state index in [9.17, 15) is 0 Å². The first kappa shape index (κ1) is 30.6. The number of pyridine rings is 2.